The number of nitrogens with two attached hydrogens (primary N) is 1. The minimum absolute atomic E-state index is 0.0916. The van der Waals surface area contributed by atoms with Crippen molar-refractivity contribution in [1.29, 1.82) is 0 Å². The fourth-order valence-corrected chi connectivity index (χ4v) is 2.11. The zero-order valence-electron chi connectivity index (χ0n) is 9.71. The summed E-state index contributed by atoms with van der Waals surface area (Å²) in [6, 6.07) is 10.0. The van der Waals surface area contributed by atoms with Crippen LogP contribution in [0.5, 0.6) is 0 Å². The average Bonchev–Trinajstić information content (AvgIpc) is 2.32. The number of halogens is 2. The topological polar surface area (TPSA) is 43.1 Å². The molecule has 0 amide bonds. The first-order valence-corrected chi connectivity index (χ1v) is 6.10. The first kappa shape index (κ1) is 12.9. The Kier molecular flexibility index (Phi) is 3.60. The summed E-state index contributed by atoms with van der Waals surface area (Å²) in [5, 5.41) is 0.992. The molecule has 2 aromatic rings. The Balaban J connectivity index is 2.44. The summed E-state index contributed by atoms with van der Waals surface area (Å²) in [6.07, 6.45) is 0. The van der Waals surface area contributed by atoms with Crippen molar-refractivity contribution in [3.05, 3.63) is 63.1 Å². The lowest BCUT2D eigenvalue weighted by Gasteiger charge is -2.07. The van der Waals surface area contributed by atoms with E-state index in [0.29, 0.717) is 26.9 Å². The maximum Gasteiger partial charge on any atom is 0.193 e. The molecule has 2 N–H and O–H groups in total. The number of benzene rings is 2. The molecule has 0 unspecified atom stereocenters. The molecule has 0 aliphatic carbocycles. The van der Waals surface area contributed by atoms with E-state index in [1.54, 1.807) is 36.4 Å². The number of hydrogen-bond donors (Lipinski definition) is 1. The van der Waals surface area contributed by atoms with Crippen LogP contribution in [0.2, 0.25) is 10.0 Å². The highest BCUT2D eigenvalue weighted by molar-refractivity contribution is 6.33. The quantitative estimate of drug-likeness (QED) is 0.664. The van der Waals surface area contributed by atoms with Crippen LogP contribution in [-0.4, -0.2) is 5.78 Å². The van der Waals surface area contributed by atoms with Gasteiger partial charge in [0.25, 0.3) is 0 Å². The number of hydrogen-bond acceptors (Lipinski definition) is 2. The summed E-state index contributed by atoms with van der Waals surface area (Å²) in [4.78, 5) is 12.3. The van der Waals surface area contributed by atoms with Gasteiger partial charge in [0.1, 0.15) is 0 Å². The van der Waals surface area contributed by atoms with Crippen molar-refractivity contribution >= 4 is 34.7 Å². The molecule has 2 aromatic carbocycles. The van der Waals surface area contributed by atoms with E-state index >= 15 is 0 Å². The summed E-state index contributed by atoms with van der Waals surface area (Å²) in [5.41, 5.74) is 8.03. The van der Waals surface area contributed by atoms with Gasteiger partial charge in [-0.25, -0.2) is 0 Å². The molecule has 0 bridgehead atoms. The van der Waals surface area contributed by atoms with Crippen LogP contribution in [0.1, 0.15) is 21.5 Å². The van der Waals surface area contributed by atoms with Crippen LogP contribution >= 0.6 is 23.2 Å². The fraction of sp³-hybridized carbons (Fsp3) is 0.0714. The van der Waals surface area contributed by atoms with Gasteiger partial charge in [0.15, 0.2) is 5.78 Å². The number of aryl methyl sites for hydroxylation is 1. The lowest BCUT2D eigenvalue weighted by molar-refractivity contribution is 0.103. The van der Waals surface area contributed by atoms with Crippen LogP contribution in [0.25, 0.3) is 0 Å². The van der Waals surface area contributed by atoms with Gasteiger partial charge >= 0.3 is 0 Å². The van der Waals surface area contributed by atoms with E-state index in [9.17, 15) is 4.79 Å². The Morgan fingerprint density at radius 2 is 1.83 bits per heavy atom. The molecule has 0 heterocycles. The largest absolute Gasteiger partial charge is 0.398 e. The number of anilines is 1. The van der Waals surface area contributed by atoms with E-state index in [2.05, 4.69) is 0 Å². The van der Waals surface area contributed by atoms with Crippen molar-refractivity contribution < 1.29 is 4.79 Å². The average molecular weight is 280 g/mol. The van der Waals surface area contributed by atoms with Gasteiger partial charge in [0, 0.05) is 16.1 Å². The monoisotopic (exact) mass is 279 g/mol. The second-order valence-electron chi connectivity index (χ2n) is 4.02. The Morgan fingerprint density at radius 1 is 1.11 bits per heavy atom. The van der Waals surface area contributed by atoms with Gasteiger partial charge in [-0.15, -0.1) is 0 Å². The molecule has 0 aliphatic heterocycles. The zero-order valence-corrected chi connectivity index (χ0v) is 11.2. The van der Waals surface area contributed by atoms with Crippen molar-refractivity contribution in [2.75, 3.05) is 5.73 Å². The molecular weight excluding hydrogens is 269 g/mol. The van der Waals surface area contributed by atoms with Crippen LogP contribution in [0, 0.1) is 6.92 Å². The van der Waals surface area contributed by atoms with Crippen molar-refractivity contribution in [2.24, 2.45) is 0 Å². The fourth-order valence-electron chi connectivity index (χ4n) is 1.71. The zero-order chi connectivity index (χ0) is 13.3. The standard InChI is InChI=1S/C14H11Cl2NO/c1-8-6-10(15)3-4-11(8)14(18)9-2-5-13(17)12(16)7-9/h2-7H,17H2,1H3. The summed E-state index contributed by atoms with van der Waals surface area (Å²) in [5.74, 6) is -0.0916. The molecule has 0 atom stereocenters. The minimum Gasteiger partial charge on any atom is -0.398 e. The third-order valence-corrected chi connectivity index (χ3v) is 3.26. The molecule has 0 aromatic heterocycles. The number of carbonyl (C=O) groups excluding carboxylic acids is 1. The maximum atomic E-state index is 12.3. The SMILES string of the molecule is Cc1cc(Cl)ccc1C(=O)c1ccc(N)c(Cl)c1. The molecule has 2 rings (SSSR count). The molecule has 0 aliphatic rings. The maximum absolute atomic E-state index is 12.3. The van der Waals surface area contributed by atoms with Gasteiger partial charge in [0.2, 0.25) is 0 Å². The summed E-state index contributed by atoms with van der Waals surface area (Å²) < 4.78 is 0. The normalized spacial score (nSPS) is 10.4. The third-order valence-electron chi connectivity index (χ3n) is 2.70. The predicted octanol–water partition coefficient (Wildman–Crippen LogP) is 4.12. The Labute approximate surface area is 115 Å². The van der Waals surface area contributed by atoms with Gasteiger partial charge in [0.05, 0.1) is 10.7 Å². The highest BCUT2D eigenvalue weighted by Gasteiger charge is 2.13. The third kappa shape index (κ3) is 2.50. The second kappa shape index (κ2) is 5.01. The summed E-state index contributed by atoms with van der Waals surface area (Å²) in [7, 11) is 0. The van der Waals surface area contributed by atoms with Crippen LogP contribution in [-0.2, 0) is 0 Å². The summed E-state index contributed by atoms with van der Waals surface area (Å²) in [6.45, 7) is 1.85. The first-order chi connectivity index (χ1) is 8.49. The molecule has 0 fully saturated rings. The van der Waals surface area contributed by atoms with Gasteiger partial charge in [-0.2, -0.15) is 0 Å². The molecule has 4 heteroatoms. The number of carbonyl (C=O) groups is 1. The van der Waals surface area contributed by atoms with Gasteiger partial charge in [-0.05, 0) is 48.9 Å². The second-order valence-corrected chi connectivity index (χ2v) is 4.87. The molecular formula is C14H11Cl2NO. The van der Waals surface area contributed by atoms with Gasteiger partial charge in [-0.1, -0.05) is 23.2 Å². The van der Waals surface area contributed by atoms with Gasteiger partial charge < -0.3 is 5.73 Å². The molecule has 18 heavy (non-hydrogen) atoms. The van der Waals surface area contributed by atoms with Crippen LogP contribution in [0.4, 0.5) is 5.69 Å². The van der Waals surface area contributed by atoms with Crippen molar-refractivity contribution in [2.45, 2.75) is 6.92 Å². The Morgan fingerprint density at radius 3 is 2.44 bits per heavy atom. The number of ketones is 1. The van der Waals surface area contributed by atoms with E-state index in [-0.39, 0.29) is 5.78 Å². The van der Waals surface area contributed by atoms with E-state index in [1.807, 2.05) is 6.92 Å². The lowest BCUT2D eigenvalue weighted by Crippen LogP contribution is -2.04. The van der Waals surface area contributed by atoms with E-state index in [0.717, 1.165) is 5.56 Å². The van der Waals surface area contributed by atoms with Crippen LogP contribution in [0.15, 0.2) is 36.4 Å². The van der Waals surface area contributed by atoms with Crippen molar-refractivity contribution in [3.63, 3.8) is 0 Å². The van der Waals surface area contributed by atoms with E-state index in [4.69, 9.17) is 28.9 Å². The smallest absolute Gasteiger partial charge is 0.193 e. The molecule has 92 valence electrons. The highest BCUT2D eigenvalue weighted by Crippen LogP contribution is 2.23. The predicted molar refractivity (Wildman–Crippen MR) is 75.5 cm³/mol. The van der Waals surface area contributed by atoms with Crippen molar-refractivity contribution in [3.8, 4) is 0 Å². The number of nitrogen functional groups attached to an aromatic ring is 1. The first-order valence-electron chi connectivity index (χ1n) is 5.35. The highest BCUT2D eigenvalue weighted by atomic mass is 35.5. The molecule has 0 saturated carbocycles. The van der Waals surface area contributed by atoms with Gasteiger partial charge in [-0.3, -0.25) is 4.79 Å². The minimum atomic E-state index is -0.0916. The summed E-state index contributed by atoms with van der Waals surface area (Å²) >= 11 is 11.8. The molecule has 2 nitrogen and oxygen atoms in total. The van der Waals surface area contributed by atoms with E-state index < -0.39 is 0 Å². The molecule has 0 spiro atoms. The lowest BCUT2D eigenvalue weighted by atomic mass is 9.99. The Hall–Kier alpha value is -1.51. The van der Waals surface area contributed by atoms with E-state index in [1.165, 1.54) is 0 Å². The van der Waals surface area contributed by atoms with Crippen molar-refractivity contribution in [1.82, 2.24) is 0 Å². The molecule has 0 saturated heterocycles. The Bertz CT molecular complexity index is 623. The molecule has 0 radical (unpaired) electrons. The number of rotatable bonds is 2. The van der Waals surface area contributed by atoms with Crippen LogP contribution < -0.4 is 5.73 Å². The van der Waals surface area contributed by atoms with Crippen LogP contribution in [0.3, 0.4) is 0 Å².